The number of halogens is 2. The molecule has 0 aliphatic rings. The van der Waals surface area contributed by atoms with Crippen LogP contribution in [0.3, 0.4) is 0 Å². The Morgan fingerprint density at radius 3 is 2.67 bits per heavy atom. The largest absolute Gasteiger partial charge is 0.507 e. The third kappa shape index (κ3) is 3.91. The van der Waals surface area contributed by atoms with Gasteiger partial charge in [-0.3, -0.25) is 4.99 Å². The third-order valence-corrected chi connectivity index (χ3v) is 3.62. The summed E-state index contributed by atoms with van der Waals surface area (Å²) in [6.07, 6.45) is 1.94. The van der Waals surface area contributed by atoms with Crippen molar-refractivity contribution in [1.29, 1.82) is 0 Å². The molecule has 0 saturated heterocycles. The van der Waals surface area contributed by atoms with Gasteiger partial charge in [-0.1, -0.05) is 41.4 Å². The zero-order valence-electron chi connectivity index (χ0n) is 11.8. The van der Waals surface area contributed by atoms with E-state index in [9.17, 15) is 9.50 Å². The molecule has 1 N–H and O–H groups in total. The lowest BCUT2D eigenvalue weighted by Gasteiger charge is -2.11. The van der Waals surface area contributed by atoms with Crippen LogP contribution in [-0.2, 0) is 0 Å². The van der Waals surface area contributed by atoms with Crippen molar-refractivity contribution in [3.05, 3.63) is 63.9 Å². The normalized spacial score (nSPS) is 11.7. The Morgan fingerprint density at radius 2 is 1.95 bits per heavy atom. The minimum absolute atomic E-state index is 0.0942. The number of aliphatic imine (C=N–C) groups is 1. The van der Waals surface area contributed by atoms with E-state index in [1.54, 1.807) is 36.4 Å². The van der Waals surface area contributed by atoms with Crippen LogP contribution in [0, 0.1) is 5.82 Å². The van der Waals surface area contributed by atoms with Gasteiger partial charge in [0.05, 0.1) is 5.71 Å². The molecule has 0 amide bonds. The predicted octanol–water partition coefficient (Wildman–Crippen LogP) is 4.93. The van der Waals surface area contributed by atoms with Crippen LogP contribution in [0.2, 0.25) is 0 Å². The predicted molar refractivity (Wildman–Crippen MR) is 87.6 cm³/mol. The van der Waals surface area contributed by atoms with Crippen LogP contribution in [0.25, 0.3) is 0 Å². The maximum Gasteiger partial charge on any atom is 0.132 e. The number of unbranched alkanes of at least 4 members (excludes halogenated alkanes) is 1. The van der Waals surface area contributed by atoms with Gasteiger partial charge in [-0.25, -0.2) is 4.39 Å². The number of nitrogens with zero attached hydrogens (tertiary/aromatic N) is 1. The summed E-state index contributed by atoms with van der Waals surface area (Å²) in [5.74, 6) is -0.246. The lowest BCUT2D eigenvalue weighted by atomic mass is 10.0. The molecular formula is C17H17BrFNO. The lowest BCUT2D eigenvalue weighted by Crippen LogP contribution is -2.07. The number of benzene rings is 2. The minimum atomic E-state index is -0.341. The fraction of sp³-hybridized carbons (Fsp3) is 0.235. The van der Waals surface area contributed by atoms with Crippen molar-refractivity contribution in [3.8, 4) is 5.75 Å². The number of phenolic OH excluding ortho intramolecular Hbond substituents is 1. The van der Waals surface area contributed by atoms with Crippen LogP contribution in [0.15, 0.2) is 51.9 Å². The van der Waals surface area contributed by atoms with Crippen molar-refractivity contribution >= 4 is 21.6 Å². The summed E-state index contributed by atoms with van der Waals surface area (Å²) in [6.45, 7) is 2.68. The van der Waals surface area contributed by atoms with E-state index >= 15 is 0 Å². The molecule has 110 valence electrons. The molecule has 2 aromatic rings. The molecule has 0 aliphatic heterocycles. The highest BCUT2D eigenvalue weighted by Gasteiger charge is 2.15. The van der Waals surface area contributed by atoms with E-state index in [1.165, 1.54) is 6.07 Å². The van der Waals surface area contributed by atoms with Gasteiger partial charge < -0.3 is 5.11 Å². The SMILES string of the molecule is CCCCN=C(c1cc(Br)ccc1O)c1ccccc1F. The van der Waals surface area contributed by atoms with Crippen molar-refractivity contribution in [2.45, 2.75) is 19.8 Å². The molecule has 21 heavy (non-hydrogen) atoms. The summed E-state index contributed by atoms with van der Waals surface area (Å²) in [4.78, 5) is 4.51. The van der Waals surface area contributed by atoms with Gasteiger partial charge in [-0.15, -0.1) is 0 Å². The van der Waals surface area contributed by atoms with E-state index in [4.69, 9.17) is 0 Å². The Kier molecular flexibility index (Phi) is 5.51. The number of aromatic hydroxyl groups is 1. The van der Waals surface area contributed by atoms with E-state index in [2.05, 4.69) is 27.8 Å². The van der Waals surface area contributed by atoms with Crippen molar-refractivity contribution in [3.63, 3.8) is 0 Å². The first-order valence-electron chi connectivity index (χ1n) is 6.91. The van der Waals surface area contributed by atoms with Gasteiger partial charge >= 0.3 is 0 Å². The maximum absolute atomic E-state index is 14.1. The van der Waals surface area contributed by atoms with Gasteiger partial charge in [0.15, 0.2) is 0 Å². The number of hydrogen-bond acceptors (Lipinski definition) is 2. The number of rotatable bonds is 5. The van der Waals surface area contributed by atoms with Gasteiger partial charge in [-0.05, 0) is 36.8 Å². The van der Waals surface area contributed by atoms with Crippen molar-refractivity contribution < 1.29 is 9.50 Å². The quantitative estimate of drug-likeness (QED) is 0.602. The smallest absolute Gasteiger partial charge is 0.132 e. The van der Waals surface area contributed by atoms with Crippen molar-refractivity contribution in [2.24, 2.45) is 4.99 Å². The molecule has 0 saturated carbocycles. The molecule has 2 nitrogen and oxygen atoms in total. The zero-order valence-corrected chi connectivity index (χ0v) is 13.4. The maximum atomic E-state index is 14.1. The second-order valence-corrected chi connectivity index (χ2v) is 5.64. The first-order chi connectivity index (χ1) is 10.1. The van der Waals surface area contributed by atoms with Crippen molar-refractivity contribution in [2.75, 3.05) is 6.54 Å². The Bertz CT molecular complexity index is 655. The highest BCUT2D eigenvalue weighted by molar-refractivity contribution is 9.10. The van der Waals surface area contributed by atoms with Crippen LogP contribution >= 0.6 is 15.9 Å². The topological polar surface area (TPSA) is 32.6 Å². The van der Waals surface area contributed by atoms with Gasteiger partial charge in [0.1, 0.15) is 11.6 Å². The lowest BCUT2D eigenvalue weighted by molar-refractivity contribution is 0.474. The highest BCUT2D eigenvalue weighted by Crippen LogP contribution is 2.26. The monoisotopic (exact) mass is 349 g/mol. The average Bonchev–Trinajstić information content (AvgIpc) is 2.48. The molecule has 0 aromatic heterocycles. The van der Waals surface area contributed by atoms with Crippen molar-refractivity contribution in [1.82, 2.24) is 0 Å². The summed E-state index contributed by atoms with van der Waals surface area (Å²) in [5, 5.41) is 10.1. The summed E-state index contributed by atoms with van der Waals surface area (Å²) < 4.78 is 14.9. The van der Waals surface area contributed by atoms with Gasteiger partial charge in [0.2, 0.25) is 0 Å². The first-order valence-corrected chi connectivity index (χ1v) is 7.71. The highest BCUT2D eigenvalue weighted by atomic mass is 79.9. The van der Waals surface area contributed by atoms with Crippen LogP contribution in [0.4, 0.5) is 4.39 Å². The fourth-order valence-corrected chi connectivity index (χ4v) is 2.38. The van der Waals surface area contributed by atoms with E-state index in [-0.39, 0.29) is 11.6 Å². The standard InChI is InChI=1S/C17H17BrFNO/c1-2-3-10-20-17(13-6-4-5-7-15(13)19)14-11-12(18)8-9-16(14)21/h4-9,11,21H,2-3,10H2,1H3. The molecule has 0 radical (unpaired) electrons. The van der Waals surface area contributed by atoms with E-state index in [1.807, 2.05) is 0 Å². The van der Waals surface area contributed by atoms with Gasteiger partial charge in [0, 0.05) is 22.1 Å². The Balaban J connectivity index is 2.54. The summed E-state index contributed by atoms with van der Waals surface area (Å²) >= 11 is 3.38. The minimum Gasteiger partial charge on any atom is -0.507 e. The number of hydrogen-bond donors (Lipinski definition) is 1. The van der Waals surface area contributed by atoms with E-state index < -0.39 is 0 Å². The van der Waals surface area contributed by atoms with Gasteiger partial charge in [0.25, 0.3) is 0 Å². The molecule has 0 spiro atoms. The molecule has 0 fully saturated rings. The molecule has 0 bridgehead atoms. The summed E-state index contributed by atoms with van der Waals surface area (Å²) in [7, 11) is 0. The summed E-state index contributed by atoms with van der Waals surface area (Å²) in [5.41, 5.74) is 1.42. The molecule has 2 rings (SSSR count). The molecule has 0 atom stereocenters. The Hall–Kier alpha value is -1.68. The fourth-order valence-electron chi connectivity index (χ4n) is 2.02. The van der Waals surface area contributed by atoms with Gasteiger partial charge in [-0.2, -0.15) is 0 Å². The zero-order chi connectivity index (χ0) is 15.2. The molecule has 0 heterocycles. The van der Waals surface area contributed by atoms with Crippen LogP contribution < -0.4 is 0 Å². The summed E-state index contributed by atoms with van der Waals surface area (Å²) in [6, 6.07) is 11.6. The Morgan fingerprint density at radius 1 is 1.19 bits per heavy atom. The molecule has 4 heteroatoms. The molecule has 0 unspecified atom stereocenters. The first kappa shape index (κ1) is 15.7. The third-order valence-electron chi connectivity index (χ3n) is 3.12. The van der Waals surface area contributed by atoms with Crippen LogP contribution in [0.1, 0.15) is 30.9 Å². The molecule has 2 aromatic carbocycles. The second kappa shape index (κ2) is 7.36. The Labute approximate surface area is 132 Å². The van der Waals surface area contributed by atoms with E-state index in [0.717, 1.165) is 17.3 Å². The van der Waals surface area contributed by atoms with E-state index in [0.29, 0.717) is 23.4 Å². The second-order valence-electron chi connectivity index (χ2n) is 4.73. The van der Waals surface area contributed by atoms with Crippen LogP contribution in [0.5, 0.6) is 5.75 Å². The average molecular weight is 350 g/mol. The van der Waals surface area contributed by atoms with Crippen LogP contribution in [-0.4, -0.2) is 17.4 Å². The number of phenols is 1. The molecule has 0 aliphatic carbocycles. The molecular weight excluding hydrogens is 333 g/mol.